The van der Waals surface area contributed by atoms with E-state index in [0.717, 1.165) is 18.5 Å². The van der Waals surface area contributed by atoms with Crippen LogP contribution >= 0.6 is 11.3 Å². The van der Waals surface area contributed by atoms with E-state index < -0.39 is 0 Å². The first kappa shape index (κ1) is 13.1. The van der Waals surface area contributed by atoms with E-state index in [4.69, 9.17) is 4.98 Å². The van der Waals surface area contributed by atoms with Gasteiger partial charge in [0.1, 0.15) is 0 Å². The molecular formula is C16H22N2S. The van der Waals surface area contributed by atoms with Crippen molar-refractivity contribution in [2.75, 3.05) is 6.54 Å². The van der Waals surface area contributed by atoms with Gasteiger partial charge in [0.2, 0.25) is 0 Å². The summed E-state index contributed by atoms with van der Waals surface area (Å²) in [6.07, 6.45) is 5.05. The molecule has 1 atom stereocenters. The summed E-state index contributed by atoms with van der Waals surface area (Å²) in [5, 5.41) is 4.98. The molecule has 0 radical (unpaired) electrons. The van der Waals surface area contributed by atoms with Crippen molar-refractivity contribution in [2.45, 2.75) is 45.6 Å². The van der Waals surface area contributed by atoms with Gasteiger partial charge in [-0.05, 0) is 50.3 Å². The number of nitrogens with zero attached hydrogens (tertiary/aromatic N) is 1. The average molecular weight is 274 g/mol. The molecule has 0 saturated heterocycles. The Morgan fingerprint density at radius 2 is 2.16 bits per heavy atom. The van der Waals surface area contributed by atoms with Gasteiger partial charge in [-0.3, -0.25) is 0 Å². The molecule has 1 aromatic heterocycles. The van der Waals surface area contributed by atoms with Crippen LogP contribution in [0.25, 0.3) is 10.2 Å². The Bertz CT molecular complexity index is 524. The fraction of sp³-hybridized carbons (Fsp3) is 0.562. The van der Waals surface area contributed by atoms with Gasteiger partial charge in [-0.1, -0.05) is 19.1 Å². The Kier molecular flexibility index (Phi) is 3.59. The van der Waals surface area contributed by atoms with Gasteiger partial charge < -0.3 is 5.32 Å². The van der Waals surface area contributed by atoms with Crippen molar-refractivity contribution in [3.63, 3.8) is 0 Å². The maximum Gasteiger partial charge on any atom is 0.0944 e. The Labute approximate surface area is 119 Å². The zero-order valence-corrected chi connectivity index (χ0v) is 12.6. The van der Waals surface area contributed by atoms with Gasteiger partial charge in [0.05, 0.1) is 15.2 Å². The number of para-hydroxylation sites is 1. The average Bonchev–Trinajstić information content (AvgIpc) is 3.08. The third-order valence-corrected chi connectivity index (χ3v) is 5.39. The predicted molar refractivity (Wildman–Crippen MR) is 82.7 cm³/mol. The smallest absolute Gasteiger partial charge is 0.0944 e. The molecule has 19 heavy (non-hydrogen) atoms. The molecule has 1 aliphatic rings. The highest BCUT2D eigenvalue weighted by Crippen LogP contribution is 2.51. The lowest BCUT2D eigenvalue weighted by molar-refractivity contribution is 0.350. The summed E-state index contributed by atoms with van der Waals surface area (Å²) in [7, 11) is 0. The van der Waals surface area contributed by atoms with Crippen LogP contribution in [-0.4, -0.2) is 17.6 Å². The third kappa shape index (κ3) is 2.67. The maximum atomic E-state index is 4.79. The minimum atomic E-state index is 0.475. The summed E-state index contributed by atoms with van der Waals surface area (Å²) in [5.41, 5.74) is 1.63. The van der Waals surface area contributed by atoms with Gasteiger partial charge in [0, 0.05) is 12.5 Å². The lowest BCUT2D eigenvalue weighted by Crippen LogP contribution is -2.36. The van der Waals surface area contributed by atoms with Crippen LogP contribution in [0.4, 0.5) is 0 Å². The van der Waals surface area contributed by atoms with Crippen molar-refractivity contribution < 1.29 is 0 Å². The monoisotopic (exact) mass is 274 g/mol. The summed E-state index contributed by atoms with van der Waals surface area (Å²) in [4.78, 5) is 4.79. The van der Waals surface area contributed by atoms with Gasteiger partial charge in [-0.2, -0.15) is 0 Å². The van der Waals surface area contributed by atoms with Crippen molar-refractivity contribution in [1.29, 1.82) is 0 Å². The SMILES string of the molecule is CCCNC(C)C1(Cc2nc3ccccc3s2)CC1. The number of fused-ring (bicyclic) bond motifs is 1. The Balaban J connectivity index is 1.73. The standard InChI is InChI=1S/C16H22N2S/c1-3-10-17-12(2)16(8-9-16)11-15-18-13-6-4-5-7-14(13)19-15/h4-7,12,17H,3,8-11H2,1-2H3. The molecule has 1 aliphatic carbocycles. The number of thiazole rings is 1. The fourth-order valence-electron chi connectivity index (χ4n) is 2.80. The molecule has 2 nitrogen and oxygen atoms in total. The van der Waals surface area contributed by atoms with E-state index in [1.165, 1.54) is 29.0 Å². The van der Waals surface area contributed by atoms with Crippen LogP contribution in [0.3, 0.4) is 0 Å². The Morgan fingerprint density at radius 1 is 1.37 bits per heavy atom. The fourth-order valence-corrected chi connectivity index (χ4v) is 3.92. The minimum absolute atomic E-state index is 0.475. The summed E-state index contributed by atoms with van der Waals surface area (Å²) < 4.78 is 1.32. The molecule has 0 aliphatic heterocycles. The zero-order chi connectivity index (χ0) is 13.3. The van der Waals surface area contributed by atoms with Gasteiger partial charge >= 0.3 is 0 Å². The van der Waals surface area contributed by atoms with Crippen LogP contribution in [0.5, 0.6) is 0 Å². The largest absolute Gasteiger partial charge is 0.314 e. The van der Waals surface area contributed by atoms with E-state index in [1.807, 2.05) is 11.3 Å². The number of aromatic nitrogens is 1. The number of benzene rings is 1. The van der Waals surface area contributed by atoms with E-state index in [-0.39, 0.29) is 0 Å². The maximum absolute atomic E-state index is 4.79. The second-order valence-electron chi connectivity index (χ2n) is 5.79. The zero-order valence-electron chi connectivity index (χ0n) is 11.8. The number of rotatable bonds is 6. The van der Waals surface area contributed by atoms with Crippen LogP contribution in [0.1, 0.15) is 38.1 Å². The molecule has 1 aromatic carbocycles. The second-order valence-corrected chi connectivity index (χ2v) is 6.91. The van der Waals surface area contributed by atoms with Crippen molar-refractivity contribution >= 4 is 21.6 Å². The van der Waals surface area contributed by atoms with Gasteiger partial charge in [-0.15, -0.1) is 11.3 Å². The van der Waals surface area contributed by atoms with E-state index in [0.29, 0.717) is 11.5 Å². The van der Waals surface area contributed by atoms with Crippen LogP contribution in [0.2, 0.25) is 0 Å². The van der Waals surface area contributed by atoms with Crippen LogP contribution in [-0.2, 0) is 6.42 Å². The normalized spacial score (nSPS) is 18.6. The third-order valence-electron chi connectivity index (χ3n) is 4.35. The molecule has 0 bridgehead atoms. The lowest BCUT2D eigenvalue weighted by Gasteiger charge is -2.23. The van der Waals surface area contributed by atoms with Crippen molar-refractivity contribution in [3.8, 4) is 0 Å². The molecule has 2 aromatic rings. The highest BCUT2D eigenvalue weighted by Gasteiger charge is 2.47. The van der Waals surface area contributed by atoms with E-state index in [9.17, 15) is 0 Å². The first-order valence-electron chi connectivity index (χ1n) is 7.31. The van der Waals surface area contributed by atoms with Crippen LogP contribution < -0.4 is 5.32 Å². The van der Waals surface area contributed by atoms with Crippen LogP contribution in [0, 0.1) is 5.41 Å². The van der Waals surface area contributed by atoms with Gasteiger partial charge in [0.15, 0.2) is 0 Å². The molecule has 1 heterocycles. The molecule has 1 N–H and O–H groups in total. The summed E-state index contributed by atoms with van der Waals surface area (Å²) in [6.45, 7) is 5.70. The highest BCUT2D eigenvalue weighted by molar-refractivity contribution is 7.18. The Hall–Kier alpha value is -0.930. The van der Waals surface area contributed by atoms with Crippen molar-refractivity contribution in [2.24, 2.45) is 5.41 Å². The molecule has 3 rings (SSSR count). The predicted octanol–water partition coefficient (Wildman–Crippen LogP) is 4.01. The molecule has 0 spiro atoms. The molecule has 102 valence electrons. The minimum Gasteiger partial charge on any atom is -0.314 e. The first-order valence-corrected chi connectivity index (χ1v) is 8.13. The van der Waals surface area contributed by atoms with E-state index in [1.54, 1.807) is 0 Å². The van der Waals surface area contributed by atoms with E-state index >= 15 is 0 Å². The van der Waals surface area contributed by atoms with Gasteiger partial charge in [-0.25, -0.2) is 4.98 Å². The van der Waals surface area contributed by atoms with E-state index in [2.05, 4.69) is 43.4 Å². The number of hydrogen-bond donors (Lipinski definition) is 1. The Morgan fingerprint density at radius 3 is 2.84 bits per heavy atom. The number of hydrogen-bond acceptors (Lipinski definition) is 3. The molecular weight excluding hydrogens is 252 g/mol. The van der Waals surface area contributed by atoms with Gasteiger partial charge in [0.25, 0.3) is 0 Å². The lowest BCUT2D eigenvalue weighted by atomic mass is 9.94. The second kappa shape index (κ2) is 5.22. The molecule has 1 fully saturated rings. The molecule has 1 saturated carbocycles. The number of nitrogens with one attached hydrogen (secondary N) is 1. The van der Waals surface area contributed by atoms with Crippen LogP contribution in [0.15, 0.2) is 24.3 Å². The summed E-state index contributed by atoms with van der Waals surface area (Å²) in [6, 6.07) is 9.08. The summed E-state index contributed by atoms with van der Waals surface area (Å²) in [5.74, 6) is 0. The van der Waals surface area contributed by atoms with Crippen molar-refractivity contribution in [1.82, 2.24) is 10.3 Å². The van der Waals surface area contributed by atoms with Crippen molar-refractivity contribution in [3.05, 3.63) is 29.3 Å². The summed E-state index contributed by atoms with van der Waals surface area (Å²) >= 11 is 1.87. The highest BCUT2D eigenvalue weighted by atomic mass is 32.1. The molecule has 0 amide bonds. The quantitative estimate of drug-likeness (QED) is 0.861. The molecule has 3 heteroatoms. The molecule has 1 unspecified atom stereocenters. The topological polar surface area (TPSA) is 24.9 Å². The first-order chi connectivity index (χ1) is 9.23.